The van der Waals surface area contributed by atoms with Crippen LogP contribution in [0.3, 0.4) is 0 Å². The number of nitrogens with zero attached hydrogens (tertiary/aromatic N) is 4. The smallest absolute Gasteiger partial charge is 0.332 e. The minimum absolute atomic E-state index is 0.0941. The largest absolute Gasteiger partial charge is 0.497 e. The summed E-state index contributed by atoms with van der Waals surface area (Å²) in [6.07, 6.45) is 7.33. The zero-order valence-corrected chi connectivity index (χ0v) is 28.5. The van der Waals surface area contributed by atoms with E-state index in [1.165, 1.54) is 11.3 Å². The number of hydrogen-bond acceptors (Lipinski definition) is 10. The maximum Gasteiger partial charge on any atom is 0.332 e. The number of nitrogens with one attached hydrogen (secondary N) is 1. The quantitative estimate of drug-likeness (QED) is 0.265. The number of thiazole rings is 1. The second-order valence-electron chi connectivity index (χ2n) is 13.1. The molecule has 1 aliphatic heterocycles. The highest BCUT2D eigenvalue weighted by Crippen LogP contribution is 2.47. The van der Waals surface area contributed by atoms with E-state index in [0.717, 1.165) is 25.0 Å². The van der Waals surface area contributed by atoms with Crippen LogP contribution in [-0.2, 0) is 19.1 Å². The first kappa shape index (κ1) is 32.9. The lowest BCUT2D eigenvalue weighted by Crippen LogP contribution is -2.50. The van der Waals surface area contributed by atoms with E-state index in [4.69, 9.17) is 29.2 Å². The number of esters is 1. The first-order chi connectivity index (χ1) is 22.6. The van der Waals surface area contributed by atoms with E-state index >= 15 is 0 Å². The molecule has 0 spiro atoms. The van der Waals surface area contributed by atoms with Crippen LogP contribution in [0.4, 0.5) is 0 Å². The molecule has 1 N–H and O–H groups in total. The van der Waals surface area contributed by atoms with Gasteiger partial charge >= 0.3 is 5.97 Å². The monoisotopic (exact) mass is 661 g/mol. The highest BCUT2D eigenvalue weighted by Gasteiger charge is 2.62. The minimum atomic E-state index is -1.11. The molecule has 0 saturated heterocycles. The van der Waals surface area contributed by atoms with Gasteiger partial charge in [-0.3, -0.25) is 9.59 Å². The molecule has 0 radical (unpaired) electrons. The van der Waals surface area contributed by atoms with Crippen LogP contribution in [0.2, 0.25) is 0 Å². The van der Waals surface area contributed by atoms with Gasteiger partial charge in [0.1, 0.15) is 17.4 Å². The number of aromatic nitrogens is 3. The van der Waals surface area contributed by atoms with Crippen molar-refractivity contribution < 1.29 is 28.6 Å². The van der Waals surface area contributed by atoms with Gasteiger partial charge in [0.25, 0.3) is 0 Å². The normalized spacial score (nSPS) is 26.4. The first-order valence-electron chi connectivity index (χ1n) is 16.5. The number of carbonyl (C=O) groups is 3. The van der Waals surface area contributed by atoms with E-state index < -0.39 is 29.4 Å². The van der Waals surface area contributed by atoms with Crippen LogP contribution in [0, 0.1) is 17.8 Å². The molecule has 3 heterocycles. The Bertz CT molecular complexity index is 1690. The van der Waals surface area contributed by atoms with E-state index in [2.05, 4.69) is 25.2 Å². The molecule has 12 heteroatoms. The van der Waals surface area contributed by atoms with Crippen LogP contribution in [0.1, 0.15) is 70.9 Å². The molecule has 0 bridgehead atoms. The molecule has 1 aromatic carbocycles. The van der Waals surface area contributed by atoms with Gasteiger partial charge in [-0.15, -0.1) is 11.3 Å². The van der Waals surface area contributed by atoms with Crippen LogP contribution in [-0.4, -0.2) is 76.6 Å². The summed E-state index contributed by atoms with van der Waals surface area (Å²) in [4.78, 5) is 57.1. The second-order valence-corrected chi connectivity index (χ2v) is 13.9. The van der Waals surface area contributed by atoms with Gasteiger partial charge in [0.15, 0.2) is 10.8 Å². The van der Waals surface area contributed by atoms with Crippen molar-refractivity contribution >= 4 is 40.0 Å². The van der Waals surface area contributed by atoms with Gasteiger partial charge in [-0.05, 0) is 63.5 Å². The highest BCUT2D eigenvalue weighted by atomic mass is 32.1. The topological polar surface area (TPSA) is 133 Å². The highest BCUT2D eigenvalue weighted by molar-refractivity contribution is 7.13. The summed E-state index contributed by atoms with van der Waals surface area (Å²) in [5.41, 5.74) is 0.493. The lowest BCUT2D eigenvalue weighted by Gasteiger charge is -2.26. The summed E-state index contributed by atoms with van der Waals surface area (Å²) in [6.45, 7) is 6.76. The number of hydrogen-bond donors (Lipinski definition) is 1. The van der Waals surface area contributed by atoms with Gasteiger partial charge in [0, 0.05) is 31.0 Å². The van der Waals surface area contributed by atoms with Crippen molar-refractivity contribution in [1.82, 2.24) is 25.2 Å². The number of amides is 2. The molecule has 3 aliphatic rings. The fraction of sp³-hybridized carbons (Fsp3) is 0.543. The maximum absolute atomic E-state index is 14.0. The molecule has 5 atom stereocenters. The van der Waals surface area contributed by atoms with Crippen molar-refractivity contribution in [3.8, 4) is 22.5 Å². The Morgan fingerprint density at radius 1 is 1.15 bits per heavy atom. The van der Waals surface area contributed by atoms with E-state index in [-0.39, 0.29) is 30.3 Å². The number of ether oxygens (including phenoxy) is 3. The number of carbonyl (C=O) groups excluding carboxylic acids is 3. The predicted molar refractivity (Wildman–Crippen MR) is 178 cm³/mol. The standard InChI is InChI=1S/C35H43N5O6S/c1-6-45-34(43)35-18-21(35)11-9-7-8-10-14-40(4)33(42)26-16-23(15-25(26)30(41)39-35)46-31-24-13-12-22(44-5)17-27(24)36-29(38-31)32-37-28(19-47-32)20(2)3/h9,11-13,17,19-21,23,25-26H,6-8,10,14-16,18H2,1-5H3,(H,39,41)/t21-,23-,25-,26-,35?/m1/s1. The van der Waals surface area contributed by atoms with Gasteiger partial charge < -0.3 is 24.4 Å². The summed E-state index contributed by atoms with van der Waals surface area (Å²) in [5.74, 6) is -0.581. The third-order valence-electron chi connectivity index (χ3n) is 9.49. The maximum atomic E-state index is 14.0. The van der Waals surface area contributed by atoms with Crippen molar-refractivity contribution in [2.75, 3.05) is 27.3 Å². The van der Waals surface area contributed by atoms with Gasteiger partial charge in [0.2, 0.25) is 17.7 Å². The van der Waals surface area contributed by atoms with Crippen molar-refractivity contribution in [1.29, 1.82) is 0 Å². The molecule has 2 aromatic heterocycles. The van der Waals surface area contributed by atoms with Gasteiger partial charge in [-0.2, -0.15) is 4.98 Å². The number of fused-ring (bicyclic) bond motifs is 3. The van der Waals surface area contributed by atoms with E-state index in [0.29, 0.717) is 59.2 Å². The summed E-state index contributed by atoms with van der Waals surface area (Å²) >= 11 is 1.47. The summed E-state index contributed by atoms with van der Waals surface area (Å²) in [7, 11) is 3.40. The van der Waals surface area contributed by atoms with Gasteiger partial charge in [-0.1, -0.05) is 26.0 Å². The summed E-state index contributed by atoms with van der Waals surface area (Å²) < 4.78 is 17.5. The Hall–Kier alpha value is -4.06. The van der Waals surface area contributed by atoms with Crippen LogP contribution >= 0.6 is 11.3 Å². The van der Waals surface area contributed by atoms with Crippen molar-refractivity contribution in [2.45, 2.75) is 76.9 Å². The molecule has 250 valence electrons. The Morgan fingerprint density at radius 2 is 1.96 bits per heavy atom. The molecular weight excluding hydrogens is 618 g/mol. The second kappa shape index (κ2) is 13.6. The Balaban J connectivity index is 1.32. The SMILES string of the molecule is CCOC(=O)C12C[C@H]1C=CCCCCN(C)C(=O)[C@@H]1C[C@H](Oc3nc(-c4nc(C(C)C)cs4)nc4cc(OC)ccc34)C[C@H]1C(=O)N2. The van der Waals surface area contributed by atoms with Gasteiger partial charge in [0.05, 0.1) is 42.1 Å². The molecule has 2 aliphatic carbocycles. The number of allylic oxidation sites excluding steroid dienone is 1. The lowest BCUT2D eigenvalue weighted by atomic mass is 9.93. The molecular formula is C35H43N5O6S. The molecule has 2 saturated carbocycles. The summed E-state index contributed by atoms with van der Waals surface area (Å²) in [5, 5.41) is 6.42. The van der Waals surface area contributed by atoms with Crippen LogP contribution in [0.25, 0.3) is 21.7 Å². The molecule has 3 aromatic rings. The summed E-state index contributed by atoms with van der Waals surface area (Å²) in [6, 6.07) is 5.51. The van der Waals surface area contributed by atoms with Crippen LogP contribution < -0.4 is 14.8 Å². The average molecular weight is 662 g/mol. The van der Waals surface area contributed by atoms with Gasteiger partial charge in [-0.25, -0.2) is 14.8 Å². The molecule has 2 amide bonds. The van der Waals surface area contributed by atoms with Crippen molar-refractivity contribution in [3.63, 3.8) is 0 Å². The molecule has 2 fully saturated rings. The molecule has 47 heavy (non-hydrogen) atoms. The zero-order valence-electron chi connectivity index (χ0n) is 27.7. The molecule has 11 nitrogen and oxygen atoms in total. The van der Waals surface area contributed by atoms with Crippen LogP contribution in [0.5, 0.6) is 11.6 Å². The third kappa shape index (κ3) is 6.70. The van der Waals surface area contributed by atoms with E-state index in [1.54, 1.807) is 26.0 Å². The average Bonchev–Trinajstić information content (AvgIpc) is 3.36. The predicted octanol–water partition coefficient (Wildman–Crippen LogP) is 5.30. The van der Waals surface area contributed by atoms with Crippen molar-refractivity contribution in [3.05, 3.63) is 41.4 Å². The third-order valence-corrected chi connectivity index (χ3v) is 10.3. The Kier molecular flexibility index (Phi) is 9.50. The Labute approximate surface area is 279 Å². The number of benzene rings is 1. The zero-order chi connectivity index (χ0) is 33.3. The Morgan fingerprint density at radius 3 is 2.70 bits per heavy atom. The lowest BCUT2D eigenvalue weighted by molar-refractivity contribution is -0.150. The van der Waals surface area contributed by atoms with Crippen LogP contribution in [0.15, 0.2) is 35.7 Å². The molecule has 1 unspecified atom stereocenters. The van der Waals surface area contributed by atoms with Crippen molar-refractivity contribution in [2.24, 2.45) is 17.8 Å². The minimum Gasteiger partial charge on any atom is -0.497 e. The molecule has 6 rings (SSSR count). The fourth-order valence-corrected chi connectivity index (χ4v) is 7.55. The van der Waals surface area contributed by atoms with E-state index in [1.807, 2.05) is 29.7 Å². The number of methoxy groups -OCH3 is 1. The fourth-order valence-electron chi connectivity index (χ4n) is 6.64. The number of rotatable bonds is 7. The van der Waals surface area contributed by atoms with E-state index in [9.17, 15) is 14.4 Å². The first-order valence-corrected chi connectivity index (χ1v) is 17.4.